The van der Waals surface area contributed by atoms with Crippen LogP contribution in [-0.4, -0.2) is 42.5 Å². The van der Waals surface area contributed by atoms with Crippen molar-refractivity contribution in [3.05, 3.63) is 71.8 Å². The van der Waals surface area contributed by atoms with Crippen molar-refractivity contribution in [3.63, 3.8) is 0 Å². The molecule has 172 valence electrons. The van der Waals surface area contributed by atoms with Crippen LogP contribution in [0.4, 0.5) is 5.69 Å². The molecular weight excluding hydrogens is 414 g/mol. The van der Waals surface area contributed by atoms with Crippen molar-refractivity contribution < 1.29 is 19.7 Å². The summed E-state index contributed by atoms with van der Waals surface area (Å²) >= 11 is 0. The van der Waals surface area contributed by atoms with Crippen molar-refractivity contribution in [1.82, 2.24) is 0 Å². The Hall–Kier alpha value is -3.31. The predicted molar refractivity (Wildman–Crippen MR) is 132 cm³/mol. The van der Waals surface area contributed by atoms with Crippen LogP contribution in [0.2, 0.25) is 0 Å². The molecule has 0 saturated carbocycles. The van der Waals surface area contributed by atoms with Gasteiger partial charge in [0, 0.05) is 24.3 Å². The van der Waals surface area contributed by atoms with Gasteiger partial charge in [0.2, 0.25) is 0 Å². The second-order valence-electron chi connectivity index (χ2n) is 8.79. The summed E-state index contributed by atoms with van der Waals surface area (Å²) < 4.78 is 5.87. The number of benzene rings is 3. The second-order valence-corrected chi connectivity index (χ2v) is 8.79. The largest absolute Gasteiger partial charge is 0.491 e. The summed E-state index contributed by atoms with van der Waals surface area (Å²) in [6.07, 6.45) is 2.47. The van der Waals surface area contributed by atoms with E-state index in [0.29, 0.717) is 5.92 Å². The molecule has 0 spiro atoms. The molecule has 0 aromatic heterocycles. The minimum atomic E-state index is -0.936. The van der Waals surface area contributed by atoms with Crippen LogP contribution in [-0.2, 0) is 0 Å². The molecule has 0 amide bonds. The van der Waals surface area contributed by atoms with Gasteiger partial charge in [0.15, 0.2) is 0 Å². The van der Waals surface area contributed by atoms with E-state index in [0.717, 1.165) is 41.1 Å². The van der Waals surface area contributed by atoms with E-state index < -0.39 is 5.97 Å². The third kappa shape index (κ3) is 5.04. The van der Waals surface area contributed by atoms with Gasteiger partial charge in [0.05, 0.1) is 12.2 Å². The van der Waals surface area contributed by atoms with E-state index in [1.54, 1.807) is 12.1 Å². The zero-order chi connectivity index (χ0) is 23.4. The number of rotatable bonds is 8. The van der Waals surface area contributed by atoms with E-state index in [2.05, 4.69) is 43.0 Å². The number of anilines is 1. The monoisotopic (exact) mass is 445 g/mol. The average Bonchev–Trinajstić information content (AvgIpc) is 3.37. The number of hydrogen-bond donors (Lipinski definition) is 2. The lowest BCUT2D eigenvalue weighted by Gasteiger charge is -2.24. The van der Waals surface area contributed by atoms with Crippen LogP contribution < -0.4 is 9.64 Å². The molecule has 0 unspecified atom stereocenters. The van der Waals surface area contributed by atoms with Crippen molar-refractivity contribution in [1.29, 1.82) is 0 Å². The molecule has 1 heterocycles. The molecule has 0 bridgehead atoms. The molecule has 1 saturated heterocycles. The minimum absolute atomic E-state index is 0.0526. The third-order valence-electron chi connectivity index (χ3n) is 6.20. The number of aromatic carboxylic acids is 1. The van der Waals surface area contributed by atoms with Crippen molar-refractivity contribution in [3.8, 4) is 28.0 Å². The van der Waals surface area contributed by atoms with Gasteiger partial charge >= 0.3 is 5.97 Å². The van der Waals surface area contributed by atoms with E-state index in [-0.39, 0.29) is 18.8 Å². The number of aliphatic hydroxyl groups is 1. The van der Waals surface area contributed by atoms with E-state index >= 15 is 0 Å². The van der Waals surface area contributed by atoms with Gasteiger partial charge in [-0.2, -0.15) is 0 Å². The Morgan fingerprint density at radius 2 is 1.61 bits per heavy atom. The van der Waals surface area contributed by atoms with Gasteiger partial charge in [-0.05, 0) is 77.4 Å². The molecule has 4 rings (SSSR count). The molecule has 5 nitrogen and oxygen atoms in total. The molecular formula is C28H31NO4. The van der Waals surface area contributed by atoms with E-state index in [1.165, 1.54) is 24.1 Å². The number of hydrogen-bond acceptors (Lipinski definition) is 4. The molecule has 5 heteroatoms. The fourth-order valence-corrected chi connectivity index (χ4v) is 4.45. The first-order chi connectivity index (χ1) is 16.0. The van der Waals surface area contributed by atoms with Crippen LogP contribution in [0, 0.1) is 0 Å². The maximum atomic E-state index is 11.2. The van der Waals surface area contributed by atoms with Gasteiger partial charge in [-0.15, -0.1) is 0 Å². The first-order valence-electron chi connectivity index (χ1n) is 11.6. The van der Waals surface area contributed by atoms with Gasteiger partial charge in [-0.25, -0.2) is 4.79 Å². The quantitative estimate of drug-likeness (QED) is 0.458. The highest BCUT2D eigenvalue weighted by Crippen LogP contribution is 2.39. The zero-order valence-electron chi connectivity index (χ0n) is 19.3. The number of ether oxygens (including phenoxy) is 1. The highest BCUT2D eigenvalue weighted by atomic mass is 16.5. The first kappa shape index (κ1) is 22.9. The number of carboxylic acid groups (broad SMARTS) is 1. The van der Waals surface area contributed by atoms with Crippen LogP contribution in [0.15, 0.2) is 60.7 Å². The average molecular weight is 446 g/mol. The van der Waals surface area contributed by atoms with E-state index in [9.17, 15) is 15.0 Å². The smallest absolute Gasteiger partial charge is 0.335 e. The molecule has 1 fully saturated rings. The first-order valence-corrected chi connectivity index (χ1v) is 11.6. The third-order valence-corrected chi connectivity index (χ3v) is 6.20. The van der Waals surface area contributed by atoms with Gasteiger partial charge in [-0.3, -0.25) is 0 Å². The minimum Gasteiger partial charge on any atom is -0.491 e. The molecule has 1 aliphatic heterocycles. The molecule has 0 aliphatic carbocycles. The summed E-state index contributed by atoms with van der Waals surface area (Å²) in [5.74, 6) is 0.169. The Bertz CT molecular complexity index is 1120. The Balaban J connectivity index is 1.77. The highest BCUT2D eigenvalue weighted by molar-refractivity contribution is 5.88. The second kappa shape index (κ2) is 10.1. The molecule has 33 heavy (non-hydrogen) atoms. The normalized spacial score (nSPS) is 13.5. The van der Waals surface area contributed by atoms with Gasteiger partial charge in [-0.1, -0.05) is 38.1 Å². The lowest BCUT2D eigenvalue weighted by molar-refractivity contribution is 0.0697. The Morgan fingerprint density at radius 1 is 0.939 bits per heavy atom. The summed E-state index contributed by atoms with van der Waals surface area (Å²) in [7, 11) is 0. The summed E-state index contributed by atoms with van der Waals surface area (Å²) in [6, 6.07) is 19.5. The lowest BCUT2D eigenvalue weighted by atomic mass is 9.93. The van der Waals surface area contributed by atoms with Crippen molar-refractivity contribution in [2.24, 2.45) is 0 Å². The molecule has 3 aromatic carbocycles. The van der Waals surface area contributed by atoms with Crippen LogP contribution in [0.5, 0.6) is 5.75 Å². The number of aliphatic hydroxyl groups excluding tert-OH is 1. The Kier molecular flexibility index (Phi) is 6.99. The predicted octanol–water partition coefficient (Wildman–Crippen LogP) is 5.81. The van der Waals surface area contributed by atoms with Crippen LogP contribution in [0.3, 0.4) is 0 Å². The summed E-state index contributed by atoms with van der Waals surface area (Å²) in [5, 5.41) is 18.5. The fourth-order valence-electron chi connectivity index (χ4n) is 4.45. The molecule has 2 N–H and O–H groups in total. The summed E-state index contributed by atoms with van der Waals surface area (Å²) in [6.45, 7) is 6.83. The van der Waals surface area contributed by atoms with Gasteiger partial charge in [0.1, 0.15) is 12.4 Å². The number of carboxylic acids is 1. The molecule has 0 atom stereocenters. The molecule has 3 aromatic rings. The fraction of sp³-hybridized carbons (Fsp3) is 0.321. The van der Waals surface area contributed by atoms with Crippen LogP contribution >= 0.6 is 0 Å². The van der Waals surface area contributed by atoms with Crippen LogP contribution in [0.1, 0.15) is 48.5 Å². The van der Waals surface area contributed by atoms with Crippen molar-refractivity contribution in [2.75, 3.05) is 31.2 Å². The van der Waals surface area contributed by atoms with E-state index in [4.69, 9.17) is 4.74 Å². The number of nitrogens with zero attached hydrogens (tertiary/aromatic N) is 1. The standard InChI is InChI=1S/C28H31NO4/c1-19(2)24-18-23(9-11-26(24)29-13-3-4-14-29)25-17-22(10-12-27(25)33-16-15-30)20-5-7-21(8-6-20)28(31)32/h5-12,17-19,30H,3-4,13-16H2,1-2H3,(H,31,32). The Morgan fingerprint density at radius 3 is 2.24 bits per heavy atom. The van der Waals surface area contributed by atoms with Crippen molar-refractivity contribution in [2.45, 2.75) is 32.6 Å². The van der Waals surface area contributed by atoms with Gasteiger partial charge < -0.3 is 19.8 Å². The SMILES string of the molecule is CC(C)c1cc(-c2cc(-c3ccc(C(=O)O)cc3)ccc2OCCO)ccc1N1CCCC1. The topological polar surface area (TPSA) is 70.0 Å². The zero-order valence-corrected chi connectivity index (χ0v) is 19.3. The van der Waals surface area contributed by atoms with Gasteiger partial charge in [0.25, 0.3) is 0 Å². The van der Waals surface area contributed by atoms with Crippen LogP contribution in [0.25, 0.3) is 22.3 Å². The number of carbonyl (C=O) groups is 1. The van der Waals surface area contributed by atoms with Crippen molar-refractivity contribution >= 4 is 11.7 Å². The van der Waals surface area contributed by atoms with E-state index in [1.807, 2.05) is 24.3 Å². The summed E-state index contributed by atoms with van der Waals surface area (Å²) in [4.78, 5) is 13.7. The summed E-state index contributed by atoms with van der Waals surface area (Å²) in [5.41, 5.74) is 6.83. The maximum absolute atomic E-state index is 11.2. The highest BCUT2D eigenvalue weighted by Gasteiger charge is 2.19. The molecule has 0 radical (unpaired) electrons. The Labute approximate surface area is 195 Å². The maximum Gasteiger partial charge on any atom is 0.335 e. The lowest BCUT2D eigenvalue weighted by Crippen LogP contribution is -2.19. The molecule has 1 aliphatic rings.